The highest BCUT2D eigenvalue weighted by atomic mass is 32.2. The molecule has 0 amide bonds. The van der Waals surface area contributed by atoms with Gasteiger partial charge in [0.2, 0.25) is 0 Å². The van der Waals surface area contributed by atoms with E-state index in [9.17, 15) is 0 Å². The fraction of sp³-hybridized carbons (Fsp3) is 0.667. The minimum Gasteiger partial charge on any atom is -0.377 e. The van der Waals surface area contributed by atoms with E-state index in [4.69, 9.17) is 5.73 Å². The van der Waals surface area contributed by atoms with E-state index in [1.165, 1.54) is 11.8 Å². The number of rotatable bonds is 0. The maximum atomic E-state index is 5.28. The van der Waals surface area contributed by atoms with E-state index in [1.54, 1.807) is 0 Å². The highest BCUT2D eigenvalue weighted by Gasteiger charge is 2.08. The summed E-state index contributed by atoms with van der Waals surface area (Å²) in [6, 6.07) is 0. The molecule has 4 heteroatoms. The minimum atomic E-state index is 0.361. The summed E-state index contributed by atoms with van der Waals surface area (Å²) >= 11 is 1.54. The third-order valence-electron chi connectivity index (χ3n) is 0.654. The molecule has 0 saturated carbocycles. The lowest BCUT2D eigenvalue weighted by Gasteiger charge is -1.94. The van der Waals surface area contributed by atoms with E-state index in [0.29, 0.717) is 10.5 Å². The molecule has 1 aliphatic rings. The van der Waals surface area contributed by atoms with Crippen molar-refractivity contribution in [2.75, 3.05) is 0 Å². The Morgan fingerprint density at radius 1 is 2.00 bits per heavy atom. The lowest BCUT2D eigenvalue weighted by Crippen LogP contribution is -2.09. The van der Waals surface area contributed by atoms with Crippen LogP contribution in [0.15, 0.2) is 5.10 Å². The molecular weight excluding hydrogens is 110 g/mol. The van der Waals surface area contributed by atoms with Crippen LogP contribution in [0.1, 0.15) is 6.92 Å². The predicted molar refractivity (Wildman–Crippen MR) is 31.8 cm³/mol. The first kappa shape index (κ1) is 4.77. The molecule has 3 N–H and O–H groups in total. The first-order chi connectivity index (χ1) is 3.29. The third kappa shape index (κ3) is 0.991. The Kier molecular flexibility index (Phi) is 1.10. The molecule has 0 radical (unpaired) electrons. The quantitative estimate of drug-likeness (QED) is 0.466. The summed E-state index contributed by atoms with van der Waals surface area (Å²) in [5.41, 5.74) is 8.07. The number of nitrogens with two attached hydrogens (primary N) is 1. The standard InChI is InChI=1S/C3H7N3S/c1-2-5-6-3(4)7-2/h2,5H,1H3,(H2,4,6). The smallest absolute Gasteiger partial charge is 0.179 e. The molecule has 0 aromatic heterocycles. The summed E-state index contributed by atoms with van der Waals surface area (Å²) in [6.07, 6.45) is 0. The van der Waals surface area contributed by atoms with Crippen LogP contribution in [0.5, 0.6) is 0 Å². The van der Waals surface area contributed by atoms with Gasteiger partial charge in [-0.05, 0) is 6.92 Å². The van der Waals surface area contributed by atoms with Gasteiger partial charge in [0.05, 0.1) is 5.37 Å². The van der Waals surface area contributed by atoms with Crippen molar-refractivity contribution < 1.29 is 0 Å². The third-order valence-corrected chi connectivity index (χ3v) is 1.45. The van der Waals surface area contributed by atoms with Gasteiger partial charge in [-0.3, -0.25) is 5.43 Å². The monoisotopic (exact) mass is 117 g/mol. The fourth-order valence-corrected chi connectivity index (χ4v) is 0.961. The first-order valence-corrected chi connectivity index (χ1v) is 2.92. The van der Waals surface area contributed by atoms with Gasteiger partial charge in [-0.1, -0.05) is 11.8 Å². The van der Waals surface area contributed by atoms with Crippen LogP contribution < -0.4 is 11.2 Å². The Balaban J connectivity index is 2.42. The van der Waals surface area contributed by atoms with Crippen LogP contribution in [0.3, 0.4) is 0 Å². The van der Waals surface area contributed by atoms with E-state index in [2.05, 4.69) is 10.5 Å². The predicted octanol–water partition coefficient (Wildman–Crippen LogP) is -0.102. The molecule has 0 spiro atoms. The fourth-order valence-electron chi connectivity index (χ4n) is 0.388. The Morgan fingerprint density at radius 3 is 2.86 bits per heavy atom. The maximum Gasteiger partial charge on any atom is 0.179 e. The molecule has 1 rings (SSSR count). The largest absolute Gasteiger partial charge is 0.377 e. The van der Waals surface area contributed by atoms with Gasteiger partial charge >= 0.3 is 0 Å². The molecule has 0 bridgehead atoms. The van der Waals surface area contributed by atoms with E-state index >= 15 is 0 Å². The van der Waals surface area contributed by atoms with Crippen molar-refractivity contribution in [3.63, 3.8) is 0 Å². The second kappa shape index (κ2) is 1.61. The Hall–Kier alpha value is -0.380. The number of hydrogen-bond acceptors (Lipinski definition) is 4. The number of amidine groups is 1. The van der Waals surface area contributed by atoms with Crippen LogP contribution in [0, 0.1) is 0 Å². The Morgan fingerprint density at radius 2 is 2.71 bits per heavy atom. The summed E-state index contributed by atoms with van der Waals surface area (Å²) in [6.45, 7) is 2.01. The number of thioether (sulfide) groups is 1. The second-order valence-electron chi connectivity index (χ2n) is 1.34. The van der Waals surface area contributed by atoms with Crippen molar-refractivity contribution in [1.29, 1.82) is 0 Å². The summed E-state index contributed by atoms with van der Waals surface area (Å²) in [4.78, 5) is 0. The molecule has 1 heterocycles. The molecule has 1 atom stereocenters. The molecule has 7 heavy (non-hydrogen) atoms. The van der Waals surface area contributed by atoms with Gasteiger partial charge in [-0.25, -0.2) is 0 Å². The van der Waals surface area contributed by atoms with Crippen molar-refractivity contribution in [3.8, 4) is 0 Å². The van der Waals surface area contributed by atoms with Crippen LogP contribution >= 0.6 is 11.8 Å². The highest BCUT2D eigenvalue weighted by molar-refractivity contribution is 8.14. The summed E-state index contributed by atoms with van der Waals surface area (Å²) in [7, 11) is 0. The lowest BCUT2D eigenvalue weighted by atomic mass is 10.8. The zero-order chi connectivity index (χ0) is 5.28. The molecule has 0 aromatic carbocycles. The maximum absolute atomic E-state index is 5.28. The average Bonchev–Trinajstić information content (AvgIpc) is 1.87. The molecule has 3 nitrogen and oxygen atoms in total. The van der Waals surface area contributed by atoms with Gasteiger partial charge in [-0.15, -0.1) is 0 Å². The van der Waals surface area contributed by atoms with Gasteiger partial charge in [0.25, 0.3) is 0 Å². The van der Waals surface area contributed by atoms with Crippen LogP contribution in [-0.4, -0.2) is 10.5 Å². The second-order valence-corrected chi connectivity index (χ2v) is 2.70. The molecule has 0 aliphatic carbocycles. The van der Waals surface area contributed by atoms with Crippen LogP contribution in [0.25, 0.3) is 0 Å². The molecular formula is C3H7N3S. The average molecular weight is 117 g/mol. The van der Waals surface area contributed by atoms with Crippen molar-refractivity contribution in [2.45, 2.75) is 12.3 Å². The molecule has 40 valence electrons. The minimum absolute atomic E-state index is 0.361. The number of nitrogens with zero attached hydrogens (tertiary/aromatic N) is 1. The van der Waals surface area contributed by atoms with Gasteiger partial charge in [0, 0.05) is 0 Å². The molecule has 0 aromatic rings. The SMILES string of the molecule is CC1NN=C(N)S1. The van der Waals surface area contributed by atoms with E-state index in [1.807, 2.05) is 6.92 Å². The Bertz CT molecular complexity index is 100. The van der Waals surface area contributed by atoms with Crippen molar-refractivity contribution >= 4 is 16.9 Å². The highest BCUT2D eigenvalue weighted by Crippen LogP contribution is 2.11. The van der Waals surface area contributed by atoms with E-state index in [-0.39, 0.29) is 0 Å². The number of hydrogen-bond donors (Lipinski definition) is 2. The molecule has 0 fully saturated rings. The zero-order valence-electron chi connectivity index (χ0n) is 4.01. The number of hydrazone groups is 1. The van der Waals surface area contributed by atoms with Crippen molar-refractivity contribution in [1.82, 2.24) is 5.43 Å². The first-order valence-electron chi connectivity index (χ1n) is 2.04. The normalized spacial score (nSPS) is 29.3. The zero-order valence-corrected chi connectivity index (χ0v) is 4.83. The van der Waals surface area contributed by atoms with Crippen LogP contribution in [0.4, 0.5) is 0 Å². The van der Waals surface area contributed by atoms with Crippen molar-refractivity contribution in [3.05, 3.63) is 0 Å². The molecule has 0 saturated heterocycles. The van der Waals surface area contributed by atoms with Crippen LogP contribution in [0.2, 0.25) is 0 Å². The summed E-state index contributed by atoms with van der Waals surface area (Å²) < 4.78 is 0. The van der Waals surface area contributed by atoms with Crippen LogP contribution in [-0.2, 0) is 0 Å². The Labute approximate surface area is 46.3 Å². The lowest BCUT2D eigenvalue weighted by molar-refractivity contribution is 0.754. The summed E-state index contributed by atoms with van der Waals surface area (Å²) in [5, 5.41) is 4.72. The molecule has 1 unspecified atom stereocenters. The van der Waals surface area contributed by atoms with Gasteiger partial charge in [0.1, 0.15) is 0 Å². The molecule has 1 aliphatic heterocycles. The van der Waals surface area contributed by atoms with Gasteiger partial charge in [0.15, 0.2) is 5.17 Å². The van der Waals surface area contributed by atoms with E-state index in [0.717, 1.165) is 0 Å². The summed E-state index contributed by atoms with van der Waals surface area (Å²) in [5.74, 6) is 0. The van der Waals surface area contributed by atoms with Gasteiger partial charge in [-0.2, -0.15) is 5.10 Å². The van der Waals surface area contributed by atoms with Crippen molar-refractivity contribution in [2.24, 2.45) is 10.8 Å². The van der Waals surface area contributed by atoms with E-state index < -0.39 is 0 Å². The number of nitrogens with one attached hydrogen (secondary N) is 1. The topological polar surface area (TPSA) is 50.4 Å². The van der Waals surface area contributed by atoms with Gasteiger partial charge < -0.3 is 5.73 Å².